The van der Waals surface area contributed by atoms with Crippen LogP contribution in [0.4, 0.5) is 10.5 Å². The number of benzene rings is 2. The molecule has 5 heteroatoms. The third-order valence-corrected chi connectivity index (χ3v) is 4.79. The van der Waals surface area contributed by atoms with Crippen LogP contribution in [-0.4, -0.2) is 24.2 Å². The van der Waals surface area contributed by atoms with Crippen LogP contribution in [0.2, 0.25) is 0 Å². The van der Waals surface area contributed by atoms with Crippen molar-refractivity contribution in [3.63, 3.8) is 0 Å². The zero-order valence-corrected chi connectivity index (χ0v) is 15.6. The lowest BCUT2D eigenvalue weighted by Gasteiger charge is -2.22. The molecule has 0 aliphatic heterocycles. The number of hydrogen-bond donors (Lipinski definition) is 3. The third kappa shape index (κ3) is 7.52. The van der Waals surface area contributed by atoms with Crippen molar-refractivity contribution in [2.75, 3.05) is 11.9 Å². The first-order valence-corrected chi connectivity index (χ1v) is 9.49. The molecule has 0 aromatic heterocycles. The highest BCUT2D eigenvalue weighted by molar-refractivity contribution is 5.89. The van der Waals surface area contributed by atoms with Crippen molar-refractivity contribution in [1.82, 2.24) is 5.32 Å². The van der Waals surface area contributed by atoms with E-state index in [2.05, 4.69) is 34.9 Å². The smallest absolute Gasteiger partial charge is 0.319 e. The van der Waals surface area contributed by atoms with Gasteiger partial charge in [0, 0.05) is 12.2 Å². The van der Waals surface area contributed by atoms with Gasteiger partial charge in [-0.05, 0) is 48.4 Å². The maximum absolute atomic E-state index is 12.0. The second-order valence-corrected chi connectivity index (χ2v) is 6.68. The van der Waals surface area contributed by atoms with E-state index in [9.17, 15) is 4.79 Å². The number of carboxylic acid groups (broad SMARTS) is 1. The van der Waals surface area contributed by atoms with Crippen LogP contribution in [0.1, 0.15) is 49.1 Å². The normalized spacial score (nSPS) is 13.8. The summed E-state index contributed by atoms with van der Waals surface area (Å²) in [6, 6.07) is 18.4. The Morgan fingerprint density at radius 2 is 1.63 bits per heavy atom. The summed E-state index contributed by atoms with van der Waals surface area (Å²) >= 11 is 0. The van der Waals surface area contributed by atoms with Gasteiger partial charge in [0.25, 0.3) is 6.47 Å². The van der Waals surface area contributed by atoms with Crippen LogP contribution in [0.3, 0.4) is 0 Å². The van der Waals surface area contributed by atoms with Crippen molar-refractivity contribution in [2.24, 2.45) is 0 Å². The molecule has 3 rings (SSSR count). The van der Waals surface area contributed by atoms with Crippen LogP contribution < -0.4 is 10.6 Å². The van der Waals surface area contributed by atoms with Gasteiger partial charge in [0.1, 0.15) is 0 Å². The number of urea groups is 1. The zero-order chi connectivity index (χ0) is 19.3. The van der Waals surface area contributed by atoms with Gasteiger partial charge in [-0.15, -0.1) is 0 Å². The van der Waals surface area contributed by atoms with E-state index in [-0.39, 0.29) is 12.5 Å². The maximum atomic E-state index is 12.0. The van der Waals surface area contributed by atoms with Gasteiger partial charge in [0.15, 0.2) is 0 Å². The van der Waals surface area contributed by atoms with Gasteiger partial charge in [-0.2, -0.15) is 0 Å². The zero-order valence-electron chi connectivity index (χ0n) is 15.6. The molecule has 2 aromatic carbocycles. The van der Waals surface area contributed by atoms with Crippen LogP contribution in [-0.2, 0) is 11.2 Å². The number of carbonyl (C=O) groups excluding carboxylic acids is 1. The molecule has 0 atom stereocenters. The average molecular weight is 368 g/mol. The molecule has 1 saturated carbocycles. The summed E-state index contributed by atoms with van der Waals surface area (Å²) in [5.74, 6) is 0.701. The highest BCUT2D eigenvalue weighted by Crippen LogP contribution is 2.32. The second-order valence-electron chi connectivity index (χ2n) is 6.68. The molecule has 0 heterocycles. The summed E-state index contributed by atoms with van der Waals surface area (Å²) in [6.07, 6.45) is 7.50. The Labute approximate surface area is 160 Å². The largest absolute Gasteiger partial charge is 0.483 e. The van der Waals surface area contributed by atoms with Gasteiger partial charge in [-0.3, -0.25) is 4.79 Å². The minimum absolute atomic E-state index is 0.142. The molecule has 0 unspecified atom stereocenters. The summed E-state index contributed by atoms with van der Waals surface area (Å²) < 4.78 is 0. The van der Waals surface area contributed by atoms with E-state index in [4.69, 9.17) is 9.90 Å². The van der Waals surface area contributed by atoms with Gasteiger partial charge in [0.2, 0.25) is 0 Å². The predicted molar refractivity (Wildman–Crippen MR) is 108 cm³/mol. The SMILES string of the molecule is O=C(NCCc1ccccc1)Nc1ccc(C2CCCCC2)cc1.O=CO. The van der Waals surface area contributed by atoms with Crippen LogP contribution >= 0.6 is 0 Å². The van der Waals surface area contributed by atoms with Gasteiger partial charge in [0.05, 0.1) is 0 Å². The van der Waals surface area contributed by atoms with E-state index in [1.54, 1.807) is 0 Å². The van der Waals surface area contributed by atoms with Gasteiger partial charge in [-0.1, -0.05) is 61.7 Å². The lowest BCUT2D eigenvalue weighted by Crippen LogP contribution is -2.30. The van der Waals surface area contributed by atoms with E-state index in [1.165, 1.54) is 43.2 Å². The minimum atomic E-state index is -0.250. The molecular weight excluding hydrogens is 340 g/mol. The maximum Gasteiger partial charge on any atom is 0.319 e. The van der Waals surface area contributed by atoms with Crippen molar-refractivity contribution >= 4 is 18.2 Å². The molecule has 0 spiro atoms. The second kappa shape index (κ2) is 11.7. The Balaban J connectivity index is 0.000000817. The Hall–Kier alpha value is -2.82. The Morgan fingerprint density at radius 1 is 1.00 bits per heavy atom. The van der Waals surface area contributed by atoms with Crippen molar-refractivity contribution in [2.45, 2.75) is 44.4 Å². The number of carbonyl (C=O) groups is 2. The molecule has 1 aliphatic rings. The molecule has 27 heavy (non-hydrogen) atoms. The summed E-state index contributed by atoms with van der Waals surface area (Å²) in [5.41, 5.74) is 3.49. The average Bonchev–Trinajstić information content (AvgIpc) is 2.71. The van der Waals surface area contributed by atoms with Crippen molar-refractivity contribution in [3.8, 4) is 0 Å². The fourth-order valence-corrected chi connectivity index (χ4v) is 3.41. The van der Waals surface area contributed by atoms with E-state index in [0.29, 0.717) is 12.5 Å². The molecule has 144 valence electrons. The summed E-state index contributed by atoms with van der Waals surface area (Å²) in [4.78, 5) is 20.3. The molecule has 2 amide bonds. The van der Waals surface area contributed by atoms with E-state index < -0.39 is 0 Å². The number of nitrogens with one attached hydrogen (secondary N) is 2. The fraction of sp³-hybridized carbons (Fsp3) is 0.364. The van der Waals surface area contributed by atoms with E-state index in [0.717, 1.165) is 12.1 Å². The molecule has 3 N–H and O–H groups in total. The predicted octanol–water partition coefficient (Wildman–Crippen LogP) is 4.80. The Bertz CT molecular complexity index is 680. The summed E-state index contributed by atoms with van der Waals surface area (Å²) in [5, 5.41) is 12.7. The Morgan fingerprint density at radius 3 is 2.26 bits per heavy atom. The first-order valence-electron chi connectivity index (χ1n) is 9.49. The van der Waals surface area contributed by atoms with Crippen LogP contribution in [0.25, 0.3) is 0 Å². The molecule has 1 fully saturated rings. The number of hydrogen-bond acceptors (Lipinski definition) is 2. The van der Waals surface area contributed by atoms with Crippen molar-refractivity contribution in [3.05, 3.63) is 65.7 Å². The molecule has 0 bridgehead atoms. The minimum Gasteiger partial charge on any atom is -0.483 e. The molecular formula is C22H28N2O3. The Kier molecular flexibility index (Phi) is 8.90. The molecule has 0 saturated heterocycles. The van der Waals surface area contributed by atoms with Crippen molar-refractivity contribution < 1.29 is 14.7 Å². The molecule has 0 radical (unpaired) electrons. The van der Waals surface area contributed by atoms with E-state index >= 15 is 0 Å². The number of rotatable bonds is 5. The molecule has 1 aliphatic carbocycles. The lowest BCUT2D eigenvalue weighted by atomic mass is 9.84. The van der Waals surface area contributed by atoms with Crippen LogP contribution in [0.5, 0.6) is 0 Å². The van der Waals surface area contributed by atoms with Gasteiger partial charge >= 0.3 is 6.03 Å². The topological polar surface area (TPSA) is 78.4 Å². The number of anilines is 1. The molecule has 5 nitrogen and oxygen atoms in total. The first kappa shape index (κ1) is 20.5. The monoisotopic (exact) mass is 368 g/mol. The standard InChI is InChI=1S/C21H26N2O.CH2O2/c24-21(22-16-15-17-7-3-1-4-8-17)23-20-13-11-19(12-14-20)18-9-5-2-6-10-18;2-1-3/h1,3-4,7-8,11-14,18H,2,5-6,9-10,15-16H2,(H2,22,23,24);1H,(H,2,3). The fourth-order valence-electron chi connectivity index (χ4n) is 3.41. The van der Waals surface area contributed by atoms with Gasteiger partial charge in [-0.25, -0.2) is 4.79 Å². The lowest BCUT2D eigenvalue weighted by molar-refractivity contribution is -0.122. The molecule has 2 aromatic rings. The first-order chi connectivity index (χ1) is 13.2. The summed E-state index contributed by atoms with van der Waals surface area (Å²) in [6.45, 7) is 0.385. The van der Waals surface area contributed by atoms with Crippen LogP contribution in [0, 0.1) is 0 Å². The van der Waals surface area contributed by atoms with E-state index in [1.807, 2.05) is 30.3 Å². The third-order valence-electron chi connectivity index (χ3n) is 4.79. The van der Waals surface area contributed by atoms with Gasteiger partial charge < -0.3 is 15.7 Å². The highest BCUT2D eigenvalue weighted by atomic mass is 16.3. The summed E-state index contributed by atoms with van der Waals surface area (Å²) in [7, 11) is 0. The number of amides is 2. The van der Waals surface area contributed by atoms with Crippen LogP contribution in [0.15, 0.2) is 54.6 Å². The van der Waals surface area contributed by atoms with Crippen molar-refractivity contribution in [1.29, 1.82) is 0 Å². The quantitative estimate of drug-likeness (QED) is 0.663. The highest BCUT2D eigenvalue weighted by Gasteiger charge is 2.15.